The summed E-state index contributed by atoms with van der Waals surface area (Å²) < 4.78 is 10.3. The molecule has 0 saturated heterocycles. The number of halogens is 2. The van der Waals surface area contributed by atoms with Gasteiger partial charge in [-0.25, -0.2) is 0 Å². The predicted octanol–water partition coefficient (Wildman–Crippen LogP) is 2.41. The molecule has 0 fully saturated rings. The fourth-order valence-corrected chi connectivity index (χ4v) is 2.31. The largest absolute Gasteiger partial charge is 0.492 e. The first-order valence-corrected chi connectivity index (χ1v) is 4.33. The van der Waals surface area contributed by atoms with Crippen molar-refractivity contribution in [1.82, 2.24) is 4.37 Å². The maximum Gasteiger partial charge on any atom is 0.182 e. The number of methoxy groups -OCH3 is 1. The van der Waals surface area contributed by atoms with Gasteiger partial charge in [0.15, 0.2) is 13.8 Å². The van der Waals surface area contributed by atoms with Crippen molar-refractivity contribution >= 4 is 45.7 Å². The molecule has 50 valence electrons. The third kappa shape index (κ3) is 1.47. The molecule has 0 aliphatic carbocycles. The highest BCUT2D eigenvalue weighted by molar-refractivity contribution is 14.1. The number of aromatic nitrogens is 1. The van der Waals surface area contributed by atoms with Crippen LogP contribution in [0.3, 0.4) is 0 Å². The Bertz CT molecular complexity index is 195. The molecule has 0 amide bonds. The van der Waals surface area contributed by atoms with Crippen LogP contribution < -0.4 is 4.74 Å². The minimum Gasteiger partial charge on any atom is -0.492 e. The molecule has 1 rings (SSSR count). The van der Waals surface area contributed by atoms with Crippen LogP contribution in [0.1, 0.15) is 0 Å². The highest BCUT2D eigenvalue weighted by atomic mass is 127. The van der Waals surface area contributed by atoms with Crippen LogP contribution in [0.4, 0.5) is 0 Å². The van der Waals surface area contributed by atoms with Crippen LogP contribution >= 0.6 is 45.7 Å². The molecule has 0 bridgehead atoms. The molecule has 9 heavy (non-hydrogen) atoms. The Kier molecular flexibility index (Phi) is 2.54. The van der Waals surface area contributed by atoms with Crippen molar-refractivity contribution in [3.05, 3.63) is 8.04 Å². The molecule has 0 saturated carbocycles. The van der Waals surface area contributed by atoms with Gasteiger partial charge in [-0.1, -0.05) is 11.6 Å². The molecule has 5 heteroatoms. The van der Waals surface area contributed by atoms with Crippen molar-refractivity contribution in [2.24, 2.45) is 0 Å². The molecule has 1 aromatic heterocycles. The van der Waals surface area contributed by atoms with E-state index in [2.05, 4.69) is 27.0 Å². The lowest BCUT2D eigenvalue weighted by Gasteiger charge is -1.92. The molecule has 0 spiro atoms. The van der Waals surface area contributed by atoms with E-state index in [1.54, 1.807) is 7.11 Å². The first kappa shape index (κ1) is 7.56. The van der Waals surface area contributed by atoms with Gasteiger partial charge in [-0.05, 0) is 34.1 Å². The molecule has 0 atom stereocenters. The zero-order valence-electron chi connectivity index (χ0n) is 4.52. The van der Waals surface area contributed by atoms with Gasteiger partial charge >= 0.3 is 0 Å². The Morgan fingerprint density at radius 2 is 2.44 bits per heavy atom. The molecule has 0 radical (unpaired) electrons. The first-order chi connectivity index (χ1) is 4.25. The molecule has 2 nitrogen and oxygen atoms in total. The molecule has 0 aromatic carbocycles. The molecule has 0 aliphatic rings. The summed E-state index contributed by atoms with van der Waals surface area (Å²) in [5, 5.41) is 0. The molecule has 0 unspecified atom stereocenters. The average molecular weight is 275 g/mol. The van der Waals surface area contributed by atoms with E-state index >= 15 is 0 Å². The Hall–Kier alpha value is 0.450. The summed E-state index contributed by atoms with van der Waals surface area (Å²) in [5.41, 5.74) is 0. The second-order valence-corrected chi connectivity index (χ2v) is 3.68. The van der Waals surface area contributed by atoms with Gasteiger partial charge < -0.3 is 4.74 Å². The standard InChI is InChI=1S/C4H3ClINOS/c1-8-2-3(5)9-7-4(2)6/h1H3. The first-order valence-electron chi connectivity index (χ1n) is 2.10. The summed E-state index contributed by atoms with van der Waals surface area (Å²) in [7, 11) is 1.58. The van der Waals surface area contributed by atoms with Crippen LogP contribution in [0.2, 0.25) is 4.34 Å². The van der Waals surface area contributed by atoms with Crippen molar-refractivity contribution in [1.29, 1.82) is 0 Å². The zero-order chi connectivity index (χ0) is 6.85. The van der Waals surface area contributed by atoms with E-state index in [-0.39, 0.29) is 0 Å². The second kappa shape index (κ2) is 3.03. The van der Waals surface area contributed by atoms with Crippen LogP contribution in [0, 0.1) is 3.70 Å². The predicted molar refractivity (Wildman–Crippen MR) is 46.4 cm³/mol. The van der Waals surface area contributed by atoms with E-state index in [9.17, 15) is 0 Å². The Labute approximate surface area is 75.5 Å². The fourth-order valence-electron chi connectivity index (χ4n) is 0.409. The minimum absolute atomic E-state index is 0.613. The topological polar surface area (TPSA) is 22.1 Å². The number of rotatable bonds is 1. The van der Waals surface area contributed by atoms with Crippen molar-refractivity contribution in [3.63, 3.8) is 0 Å². The van der Waals surface area contributed by atoms with Crippen LogP contribution in [0.15, 0.2) is 0 Å². The van der Waals surface area contributed by atoms with Crippen LogP contribution in [0.5, 0.6) is 5.75 Å². The maximum absolute atomic E-state index is 5.67. The monoisotopic (exact) mass is 275 g/mol. The lowest BCUT2D eigenvalue weighted by atomic mass is 10.7. The molecular weight excluding hydrogens is 272 g/mol. The lowest BCUT2D eigenvalue weighted by Crippen LogP contribution is -1.81. The fraction of sp³-hybridized carbons (Fsp3) is 0.250. The molecular formula is C4H3ClINOS. The highest BCUT2D eigenvalue weighted by Gasteiger charge is 2.08. The summed E-state index contributed by atoms with van der Waals surface area (Å²) in [6.07, 6.45) is 0. The van der Waals surface area contributed by atoms with Gasteiger partial charge in [-0.2, -0.15) is 4.37 Å². The lowest BCUT2D eigenvalue weighted by molar-refractivity contribution is 0.413. The van der Waals surface area contributed by atoms with Gasteiger partial charge in [0.2, 0.25) is 0 Å². The van der Waals surface area contributed by atoms with E-state index in [0.717, 1.165) is 3.70 Å². The van der Waals surface area contributed by atoms with Crippen LogP contribution in [-0.4, -0.2) is 11.5 Å². The van der Waals surface area contributed by atoms with E-state index in [0.29, 0.717) is 10.1 Å². The van der Waals surface area contributed by atoms with Gasteiger partial charge in [-0.15, -0.1) is 0 Å². The smallest absolute Gasteiger partial charge is 0.182 e. The molecule has 1 aromatic rings. The highest BCUT2D eigenvalue weighted by Crippen LogP contribution is 2.32. The van der Waals surface area contributed by atoms with Gasteiger partial charge in [0.25, 0.3) is 0 Å². The maximum atomic E-state index is 5.67. The molecule has 1 heterocycles. The van der Waals surface area contributed by atoms with Crippen LogP contribution in [0.25, 0.3) is 0 Å². The van der Waals surface area contributed by atoms with Crippen LogP contribution in [-0.2, 0) is 0 Å². The average Bonchev–Trinajstić information content (AvgIpc) is 2.12. The van der Waals surface area contributed by atoms with Gasteiger partial charge in [0.05, 0.1) is 7.11 Å². The number of hydrogen-bond acceptors (Lipinski definition) is 3. The van der Waals surface area contributed by atoms with Crippen molar-refractivity contribution < 1.29 is 4.74 Å². The van der Waals surface area contributed by atoms with Crippen molar-refractivity contribution in [2.45, 2.75) is 0 Å². The number of hydrogen-bond donors (Lipinski definition) is 0. The van der Waals surface area contributed by atoms with E-state index < -0.39 is 0 Å². The zero-order valence-corrected chi connectivity index (χ0v) is 8.25. The quantitative estimate of drug-likeness (QED) is 0.734. The van der Waals surface area contributed by atoms with Gasteiger partial charge in [0, 0.05) is 0 Å². The van der Waals surface area contributed by atoms with Crippen molar-refractivity contribution in [3.8, 4) is 5.75 Å². The molecule has 0 aliphatic heterocycles. The number of ether oxygens (including phenoxy) is 1. The number of nitrogens with zero attached hydrogens (tertiary/aromatic N) is 1. The van der Waals surface area contributed by atoms with E-state index in [1.165, 1.54) is 11.5 Å². The normalized spacial score (nSPS) is 9.67. The minimum atomic E-state index is 0.613. The molecule has 0 N–H and O–H groups in total. The van der Waals surface area contributed by atoms with Crippen molar-refractivity contribution in [2.75, 3.05) is 7.11 Å². The Morgan fingerprint density at radius 1 is 1.78 bits per heavy atom. The SMILES string of the molecule is COc1c(I)nsc1Cl. The summed E-state index contributed by atoms with van der Waals surface area (Å²) >= 11 is 8.98. The summed E-state index contributed by atoms with van der Waals surface area (Å²) in [4.78, 5) is 0. The Balaban J connectivity index is 3.07. The van der Waals surface area contributed by atoms with Gasteiger partial charge in [-0.3, -0.25) is 0 Å². The summed E-state index contributed by atoms with van der Waals surface area (Å²) in [6, 6.07) is 0. The van der Waals surface area contributed by atoms with E-state index in [1.807, 2.05) is 0 Å². The summed E-state index contributed by atoms with van der Waals surface area (Å²) in [6.45, 7) is 0. The van der Waals surface area contributed by atoms with Gasteiger partial charge in [0.1, 0.15) is 0 Å². The Morgan fingerprint density at radius 3 is 2.67 bits per heavy atom. The third-order valence-electron chi connectivity index (χ3n) is 0.776. The third-order valence-corrected chi connectivity index (χ3v) is 2.83. The second-order valence-electron chi connectivity index (χ2n) is 1.28. The summed E-state index contributed by atoms with van der Waals surface area (Å²) in [5.74, 6) is 0.683. The van der Waals surface area contributed by atoms with E-state index in [4.69, 9.17) is 16.3 Å².